The van der Waals surface area contributed by atoms with Crippen LogP contribution in [0.1, 0.15) is 53.9 Å². The lowest BCUT2D eigenvalue weighted by atomic mass is 9.95. The molecule has 1 aromatic heterocycles. The third kappa shape index (κ3) is 3.17. The van der Waals surface area contributed by atoms with Crippen molar-refractivity contribution >= 4 is 22.3 Å². The van der Waals surface area contributed by atoms with Crippen molar-refractivity contribution < 1.29 is 9.53 Å². The number of aryl methyl sites for hydroxylation is 1. The molecule has 0 unspecified atom stereocenters. The Hall–Kier alpha value is -1.81. The molecular formula is C18H23NO2S. The van der Waals surface area contributed by atoms with Gasteiger partial charge in [-0.2, -0.15) is 0 Å². The number of nitrogens with two attached hydrogens (primary N) is 1. The van der Waals surface area contributed by atoms with E-state index in [1.807, 2.05) is 6.92 Å². The van der Waals surface area contributed by atoms with E-state index in [0.29, 0.717) is 23.1 Å². The van der Waals surface area contributed by atoms with Crippen LogP contribution in [0, 0.1) is 6.92 Å². The van der Waals surface area contributed by atoms with E-state index in [-0.39, 0.29) is 5.97 Å². The van der Waals surface area contributed by atoms with Crippen molar-refractivity contribution in [1.82, 2.24) is 0 Å². The van der Waals surface area contributed by atoms with Gasteiger partial charge >= 0.3 is 5.97 Å². The van der Waals surface area contributed by atoms with Gasteiger partial charge in [-0.05, 0) is 37.3 Å². The Bertz CT molecular complexity index is 658. The minimum absolute atomic E-state index is 0.342. The summed E-state index contributed by atoms with van der Waals surface area (Å²) in [7, 11) is 0. The van der Waals surface area contributed by atoms with Crippen molar-refractivity contribution in [2.45, 2.75) is 40.0 Å². The maximum atomic E-state index is 12.2. The van der Waals surface area contributed by atoms with Crippen LogP contribution in [0.2, 0.25) is 0 Å². The fraction of sp³-hybridized carbons (Fsp3) is 0.389. The summed E-state index contributed by atoms with van der Waals surface area (Å²) in [6.45, 7) is 8.53. The first-order valence-corrected chi connectivity index (χ1v) is 8.47. The van der Waals surface area contributed by atoms with Crippen LogP contribution in [0.5, 0.6) is 0 Å². The molecule has 0 radical (unpaired) electrons. The smallest absolute Gasteiger partial charge is 0.341 e. The summed E-state index contributed by atoms with van der Waals surface area (Å²) in [5.74, 6) is 0.192. The minimum Gasteiger partial charge on any atom is -0.462 e. The maximum absolute atomic E-state index is 12.2. The van der Waals surface area contributed by atoms with Crippen LogP contribution < -0.4 is 5.73 Å². The maximum Gasteiger partial charge on any atom is 0.341 e. The zero-order chi connectivity index (χ0) is 16.3. The molecule has 0 aliphatic rings. The summed E-state index contributed by atoms with van der Waals surface area (Å²) < 4.78 is 5.15. The van der Waals surface area contributed by atoms with Gasteiger partial charge in [0.1, 0.15) is 10.6 Å². The third-order valence-electron chi connectivity index (χ3n) is 3.97. The summed E-state index contributed by atoms with van der Waals surface area (Å²) in [6, 6.07) is 8.40. The SMILES string of the molecule is CCOC(=O)c1c(N)sc(C)c1-c1ccc([C@@H](C)CC)cc1. The van der Waals surface area contributed by atoms with Gasteiger partial charge in [0.2, 0.25) is 0 Å². The van der Waals surface area contributed by atoms with Crippen molar-refractivity contribution in [2.24, 2.45) is 0 Å². The Kier molecular flexibility index (Phi) is 5.24. The van der Waals surface area contributed by atoms with Crippen molar-refractivity contribution in [3.63, 3.8) is 0 Å². The minimum atomic E-state index is -0.342. The number of rotatable bonds is 5. The molecule has 1 heterocycles. The van der Waals surface area contributed by atoms with Crippen molar-refractivity contribution in [1.29, 1.82) is 0 Å². The topological polar surface area (TPSA) is 52.3 Å². The Balaban J connectivity index is 2.46. The molecule has 118 valence electrons. The molecule has 0 aliphatic carbocycles. The van der Waals surface area contributed by atoms with Gasteiger partial charge in [0.15, 0.2) is 0 Å². The van der Waals surface area contributed by atoms with Crippen molar-refractivity contribution in [2.75, 3.05) is 12.3 Å². The van der Waals surface area contributed by atoms with E-state index >= 15 is 0 Å². The van der Waals surface area contributed by atoms with Gasteiger partial charge in [0, 0.05) is 10.4 Å². The van der Waals surface area contributed by atoms with Crippen LogP contribution in [-0.2, 0) is 4.74 Å². The van der Waals surface area contributed by atoms with Crippen molar-refractivity contribution in [3.8, 4) is 11.1 Å². The highest BCUT2D eigenvalue weighted by atomic mass is 32.1. The summed E-state index contributed by atoms with van der Waals surface area (Å²) in [5, 5.41) is 0.525. The number of benzene rings is 1. The second kappa shape index (κ2) is 6.97. The molecule has 0 saturated heterocycles. The molecule has 2 N–H and O–H groups in total. The van der Waals surface area contributed by atoms with Gasteiger partial charge < -0.3 is 10.5 Å². The standard InChI is InChI=1S/C18H23NO2S/c1-5-11(3)13-7-9-14(10-8-13)15-12(4)22-17(19)16(15)18(20)21-6-2/h7-11H,5-6,19H2,1-4H3/t11-/m0/s1. The van der Waals surface area contributed by atoms with Crippen LogP contribution in [-0.4, -0.2) is 12.6 Å². The zero-order valence-electron chi connectivity index (χ0n) is 13.6. The molecule has 4 heteroatoms. The molecule has 1 atom stereocenters. The molecule has 2 aromatic rings. The van der Waals surface area contributed by atoms with E-state index in [2.05, 4.69) is 38.1 Å². The zero-order valence-corrected chi connectivity index (χ0v) is 14.4. The highest BCUT2D eigenvalue weighted by Crippen LogP contribution is 2.39. The second-order valence-corrected chi connectivity index (χ2v) is 6.68. The number of thiophene rings is 1. The summed E-state index contributed by atoms with van der Waals surface area (Å²) in [5.41, 5.74) is 9.75. The van der Waals surface area contributed by atoms with Gasteiger partial charge in [-0.25, -0.2) is 4.79 Å². The molecule has 0 aliphatic heterocycles. The molecular weight excluding hydrogens is 294 g/mol. The number of hydrogen-bond donors (Lipinski definition) is 1. The highest BCUT2D eigenvalue weighted by molar-refractivity contribution is 7.16. The first-order valence-electron chi connectivity index (χ1n) is 7.65. The van der Waals surface area contributed by atoms with E-state index in [4.69, 9.17) is 10.5 Å². The lowest BCUT2D eigenvalue weighted by molar-refractivity contribution is 0.0529. The fourth-order valence-electron chi connectivity index (χ4n) is 2.53. The number of anilines is 1. The summed E-state index contributed by atoms with van der Waals surface area (Å²) in [6.07, 6.45) is 1.11. The fourth-order valence-corrected chi connectivity index (χ4v) is 3.47. The number of nitrogen functional groups attached to an aromatic ring is 1. The highest BCUT2D eigenvalue weighted by Gasteiger charge is 2.22. The molecule has 0 bridgehead atoms. The van der Waals surface area contributed by atoms with Crippen LogP contribution in [0.15, 0.2) is 24.3 Å². The van der Waals surface area contributed by atoms with Crippen LogP contribution in [0.3, 0.4) is 0 Å². The number of carbonyl (C=O) groups is 1. The lowest BCUT2D eigenvalue weighted by Crippen LogP contribution is -2.07. The first kappa shape index (κ1) is 16.6. The van der Waals surface area contributed by atoms with E-state index in [9.17, 15) is 4.79 Å². The van der Waals surface area contributed by atoms with Crippen LogP contribution >= 0.6 is 11.3 Å². The molecule has 3 nitrogen and oxygen atoms in total. The quantitative estimate of drug-likeness (QED) is 0.790. The van der Waals surface area contributed by atoms with Gasteiger partial charge in [-0.3, -0.25) is 0 Å². The normalized spacial score (nSPS) is 12.2. The van der Waals surface area contributed by atoms with Crippen LogP contribution in [0.4, 0.5) is 5.00 Å². The molecule has 2 rings (SSSR count). The average molecular weight is 317 g/mol. The number of hydrogen-bond acceptors (Lipinski definition) is 4. The lowest BCUT2D eigenvalue weighted by Gasteiger charge is -2.11. The summed E-state index contributed by atoms with van der Waals surface area (Å²) >= 11 is 1.44. The monoisotopic (exact) mass is 317 g/mol. The van der Waals surface area contributed by atoms with Gasteiger partial charge in [0.25, 0.3) is 0 Å². The van der Waals surface area contributed by atoms with E-state index < -0.39 is 0 Å². The Labute approximate surface area is 136 Å². The van der Waals surface area contributed by atoms with E-state index in [1.165, 1.54) is 16.9 Å². The van der Waals surface area contributed by atoms with Gasteiger partial charge in [-0.15, -0.1) is 11.3 Å². The summed E-state index contributed by atoms with van der Waals surface area (Å²) in [4.78, 5) is 13.2. The molecule has 0 amide bonds. The molecule has 0 fully saturated rings. The predicted octanol–water partition coefficient (Wildman–Crippen LogP) is 5.00. The van der Waals surface area contributed by atoms with E-state index in [1.54, 1.807) is 6.92 Å². The molecule has 0 spiro atoms. The van der Waals surface area contributed by atoms with Gasteiger partial charge in [-0.1, -0.05) is 38.1 Å². The van der Waals surface area contributed by atoms with Gasteiger partial charge in [0.05, 0.1) is 6.61 Å². The molecule has 22 heavy (non-hydrogen) atoms. The first-order chi connectivity index (χ1) is 10.5. The predicted molar refractivity (Wildman–Crippen MR) is 93.6 cm³/mol. The number of esters is 1. The van der Waals surface area contributed by atoms with Crippen LogP contribution in [0.25, 0.3) is 11.1 Å². The number of ether oxygens (including phenoxy) is 1. The van der Waals surface area contributed by atoms with E-state index in [0.717, 1.165) is 22.4 Å². The largest absolute Gasteiger partial charge is 0.462 e. The molecule has 1 aromatic carbocycles. The Morgan fingerprint density at radius 3 is 2.45 bits per heavy atom. The van der Waals surface area contributed by atoms with Crippen molar-refractivity contribution in [3.05, 3.63) is 40.3 Å². The molecule has 0 saturated carbocycles. The third-order valence-corrected chi connectivity index (χ3v) is 4.91. The Morgan fingerprint density at radius 1 is 1.27 bits per heavy atom. The second-order valence-electron chi connectivity index (χ2n) is 5.42. The number of carbonyl (C=O) groups excluding carboxylic acids is 1. The average Bonchev–Trinajstić information content (AvgIpc) is 2.81. The Morgan fingerprint density at radius 2 is 1.91 bits per heavy atom.